The maximum atomic E-state index is 9.84. The van der Waals surface area contributed by atoms with Crippen molar-refractivity contribution in [3.05, 3.63) is 58.8 Å². The molecule has 0 saturated heterocycles. The minimum atomic E-state index is 0.0542. The summed E-state index contributed by atoms with van der Waals surface area (Å²) in [7, 11) is 0. The number of hydrogen-bond acceptors (Lipinski definition) is 5. The Hall–Kier alpha value is -2.37. The van der Waals surface area contributed by atoms with Crippen LogP contribution in [0.25, 0.3) is 11.5 Å². The zero-order valence-corrected chi connectivity index (χ0v) is 12.7. The van der Waals surface area contributed by atoms with Gasteiger partial charge >= 0.3 is 0 Å². The predicted octanol–water partition coefficient (Wildman–Crippen LogP) is 4.29. The van der Waals surface area contributed by atoms with Crippen LogP contribution in [0, 0.1) is 0 Å². The molecule has 7 heteroatoms. The second-order valence-corrected chi connectivity index (χ2v) is 5.22. The number of benzene rings is 1. The lowest BCUT2D eigenvalue weighted by Gasteiger charge is -2.09. The average molecular weight is 333 g/mol. The maximum Gasteiger partial charge on any atom is 0.181 e. The van der Waals surface area contributed by atoms with E-state index in [2.05, 4.69) is 20.3 Å². The molecule has 0 spiro atoms. The summed E-state index contributed by atoms with van der Waals surface area (Å²) in [5.41, 5.74) is 1.03. The van der Waals surface area contributed by atoms with Crippen molar-refractivity contribution in [2.75, 3.05) is 5.32 Å². The van der Waals surface area contributed by atoms with Crippen LogP contribution in [-0.2, 0) is 0 Å². The third-order valence-corrected chi connectivity index (χ3v) is 3.24. The summed E-state index contributed by atoms with van der Waals surface area (Å²) in [5.74, 6) is 0.869. The third kappa shape index (κ3) is 3.27. The van der Waals surface area contributed by atoms with Crippen molar-refractivity contribution in [3.8, 4) is 17.3 Å². The zero-order valence-electron chi connectivity index (χ0n) is 11.2. The number of aromatic nitrogens is 3. The quantitative estimate of drug-likeness (QED) is 0.552. The van der Waals surface area contributed by atoms with Crippen molar-refractivity contribution >= 4 is 34.7 Å². The van der Waals surface area contributed by atoms with Gasteiger partial charge in [0.2, 0.25) is 0 Å². The van der Waals surface area contributed by atoms with E-state index in [4.69, 9.17) is 23.2 Å². The lowest BCUT2D eigenvalue weighted by Crippen LogP contribution is -1.99. The molecule has 0 atom stereocenters. The number of anilines is 2. The highest BCUT2D eigenvalue weighted by Gasteiger charge is 2.09. The Kier molecular flexibility index (Phi) is 4.09. The van der Waals surface area contributed by atoms with Gasteiger partial charge in [-0.25, -0.2) is 9.97 Å². The first-order valence-electron chi connectivity index (χ1n) is 6.33. The molecule has 0 saturated carbocycles. The maximum absolute atomic E-state index is 9.84. The molecule has 2 N–H and O–H groups in total. The number of nitrogens with zero attached hydrogens (tertiary/aromatic N) is 3. The molecule has 0 aliphatic carbocycles. The van der Waals surface area contributed by atoms with E-state index in [-0.39, 0.29) is 10.9 Å². The molecule has 2 heterocycles. The van der Waals surface area contributed by atoms with Crippen LogP contribution in [0.3, 0.4) is 0 Å². The summed E-state index contributed by atoms with van der Waals surface area (Å²) in [6.45, 7) is 0. The Morgan fingerprint density at radius 1 is 1.00 bits per heavy atom. The molecular formula is C15H10Cl2N4O. The van der Waals surface area contributed by atoms with Crippen molar-refractivity contribution in [1.29, 1.82) is 0 Å². The van der Waals surface area contributed by atoms with Crippen molar-refractivity contribution in [2.45, 2.75) is 0 Å². The van der Waals surface area contributed by atoms with Crippen LogP contribution in [0.4, 0.5) is 11.5 Å². The summed E-state index contributed by atoms with van der Waals surface area (Å²) in [6, 6.07) is 11.6. The van der Waals surface area contributed by atoms with E-state index in [0.717, 1.165) is 0 Å². The van der Waals surface area contributed by atoms with E-state index < -0.39 is 0 Å². The Bertz CT molecular complexity index is 812. The molecule has 22 heavy (non-hydrogen) atoms. The van der Waals surface area contributed by atoms with E-state index in [1.54, 1.807) is 36.5 Å². The smallest absolute Gasteiger partial charge is 0.181 e. The predicted molar refractivity (Wildman–Crippen MR) is 86.7 cm³/mol. The second-order valence-electron chi connectivity index (χ2n) is 4.40. The fourth-order valence-corrected chi connectivity index (χ4v) is 2.19. The van der Waals surface area contributed by atoms with Crippen LogP contribution >= 0.6 is 23.2 Å². The van der Waals surface area contributed by atoms with Gasteiger partial charge in [0.1, 0.15) is 22.4 Å². The number of phenolic OH excluding ortho intramolecular Hbond substituents is 1. The summed E-state index contributed by atoms with van der Waals surface area (Å²) >= 11 is 12.0. The highest BCUT2D eigenvalue weighted by Crippen LogP contribution is 2.30. The normalized spacial score (nSPS) is 10.5. The van der Waals surface area contributed by atoms with E-state index in [0.29, 0.717) is 28.0 Å². The number of pyridine rings is 1. The van der Waals surface area contributed by atoms with Gasteiger partial charge in [0.15, 0.2) is 5.82 Å². The van der Waals surface area contributed by atoms with Gasteiger partial charge in [-0.2, -0.15) is 0 Å². The minimum Gasteiger partial charge on any atom is -0.506 e. The molecule has 110 valence electrons. The first-order valence-corrected chi connectivity index (χ1v) is 7.09. The highest BCUT2D eigenvalue weighted by molar-refractivity contribution is 6.31. The van der Waals surface area contributed by atoms with E-state index in [1.807, 2.05) is 6.07 Å². The Balaban J connectivity index is 1.98. The number of aromatic hydroxyl groups is 1. The van der Waals surface area contributed by atoms with Crippen LogP contribution < -0.4 is 5.32 Å². The lowest BCUT2D eigenvalue weighted by atomic mass is 10.3. The topological polar surface area (TPSA) is 70.9 Å². The van der Waals surface area contributed by atoms with Gasteiger partial charge in [0.25, 0.3) is 0 Å². The van der Waals surface area contributed by atoms with Crippen molar-refractivity contribution < 1.29 is 5.11 Å². The molecule has 0 aliphatic rings. The monoisotopic (exact) mass is 332 g/mol. The molecule has 0 fully saturated rings. The number of halogens is 2. The van der Waals surface area contributed by atoms with Crippen molar-refractivity contribution in [2.24, 2.45) is 0 Å². The van der Waals surface area contributed by atoms with Gasteiger partial charge in [0.05, 0.1) is 5.69 Å². The van der Waals surface area contributed by atoms with Crippen LogP contribution in [0.2, 0.25) is 10.2 Å². The number of nitrogens with one attached hydrogen (secondary N) is 1. The largest absolute Gasteiger partial charge is 0.506 e. The first-order chi connectivity index (χ1) is 10.6. The van der Waals surface area contributed by atoms with E-state index in [1.165, 1.54) is 6.07 Å². The fraction of sp³-hybridized carbons (Fsp3) is 0. The molecule has 3 rings (SSSR count). The van der Waals surface area contributed by atoms with Gasteiger partial charge in [-0.05, 0) is 30.3 Å². The van der Waals surface area contributed by atoms with Gasteiger partial charge in [-0.15, -0.1) is 0 Å². The molecule has 0 aliphatic heterocycles. The average Bonchev–Trinajstić information content (AvgIpc) is 2.51. The molecule has 0 bridgehead atoms. The van der Waals surface area contributed by atoms with Gasteiger partial charge in [0, 0.05) is 17.3 Å². The van der Waals surface area contributed by atoms with Crippen LogP contribution in [0.15, 0.2) is 48.7 Å². The zero-order chi connectivity index (χ0) is 15.5. The van der Waals surface area contributed by atoms with Gasteiger partial charge < -0.3 is 10.4 Å². The van der Waals surface area contributed by atoms with Crippen molar-refractivity contribution in [3.63, 3.8) is 0 Å². The summed E-state index contributed by atoms with van der Waals surface area (Å²) in [4.78, 5) is 12.7. The molecule has 1 aromatic carbocycles. The van der Waals surface area contributed by atoms with Crippen LogP contribution in [-0.4, -0.2) is 20.1 Å². The number of hydrogen-bond donors (Lipinski definition) is 2. The molecule has 0 unspecified atom stereocenters. The van der Waals surface area contributed by atoms with Crippen molar-refractivity contribution in [1.82, 2.24) is 15.0 Å². The first kappa shape index (κ1) is 14.6. The second kappa shape index (κ2) is 6.17. The lowest BCUT2D eigenvalue weighted by molar-refractivity contribution is 0.477. The summed E-state index contributed by atoms with van der Waals surface area (Å²) in [5, 5.41) is 13.6. The third-order valence-electron chi connectivity index (χ3n) is 2.81. The Labute approximate surface area is 136 Å². The summed E-state index contributed by atoms with van der Waals surface area (Å²) < 4.78 is 0. The minimum absolute atomic E-state index is 0.0542. The molecule has 2 aromatic heterocycles. The van der Waals surface area contributed by atoms with E-state index in [9.17, 15) is 5.11 Å². The number of rotatable bonds is 3. The van der Waals surface area contributed by atoms with Crippen LogP contribution in [0.1, 0.15) is 0 Å². The molecule has 5 nitrogen and oxygen atoms in total. The van der Waals surface area contributed by atoms with Gasteiger partial charge in [-0.3, -0.25) is 4.98 Å². The standard InChI is InChI=1S/C15H10Cl2N4O/c16-9-4-5-12(22)11(7-9)19-14-8-13(17)20-15(21-14)10-3-1-2-6-18-10/h1-8,22H,(H,19,20,21). The van der Waals surface area contributed by atoms with Crippen LogP contribution in [0.5, 0.6) is 5.75 Å². The fourth-order valence-electron chi connectivity index (χ4n) is 1.84. The molecule has 0 radical (unpaired) electrons. The Morgan fingerprint density at radius 3 is 2.64 bits per heavy atom. The molecule has 3 aromatic rings. The SMILES string of the molecule is Oc1ccc(Cl)cc1Nc1cc(Cl)nc(-c2ccccn2)n1. The summed E-state index contributed by atoms with van der Waals surface area (Å²) in [6.07, 6.45) is 1.65. The Morgan fingerprint density at radius 2 is 1.86 bits per heavy atom. The van der Waals surface area contributed by atoms with E-state index >= 15 is 0 Å². The molecular weight excluding hydrogens is 323 g/mol. The number of phenols is 1. The molecule has 0 amide bonds. The highest BCUT2D eigenvalue weighted by atomic mass is 35.5. The van der Waals surface area contributed by atoms with Gasteiger partial charge in [-0.1, -0.05) is 29.3 Å².